The Bertz CT molecular complexity index is 647. The molecule has 1 N–H and O–H groups in total. The SMILES string of the molecule is Cc1ccc(NC(=O)CC2CS/C(=N\C3CCCC3)N2C)c(Cl)c1.Cl. The second-order valence-electron chi connectivity index (χ2n) is 6.66. The largest absolute Gasteiger partial charge is 0.350 e. The van der Waals surface area contributed by atoms with Crippen LogP contribution in [0.25, 0.3) is 0 Å². The summed E-state index contributed by atoms with van der Waals surface area (Å²) in [5, 5.41) is 4.60. The van der Waals surface area contributed by atoms with Crippen molar-refractivity contribution < 1.29 is 4.79 Å². The minimum Gasteiger partial charge on any atom is -0.350 e. The lowest BCUT2D eigenvalue weighted by Crippen LogP contribution is -2.34. The Morgan fingerprint density at radius 2 is 2.12 bits per heavy atom. The number of hydrogen-bond donors (Lipinski definition) is 1. The van der Waals surface area contributed by atoms with E-state index in [4.69, 9.17) is 16.6 Å². The summed E-state index contributed by atoms with van der Waals surface area (Å²) in [4.78, 5) is 19.4. The number of amides is 1. The van der Waals surface area contributed by atoms with Crippen LogP contribution in [0.1, 0.15) is 37.7 Å². The third kappa shape index (κ3) is 5.28. The molecule has 4 nitrogen and oxygen atoms in total. The zero-order valence-corrected chi connectivity index (χ0v) is 17.0. The van der Waals surface area contributed by atoms with E-state index in [0.717, 1.165) is 16.5 Å². The molecule has 1 aromatic carbocycles. The summed E-state index contributed by atoms with van der Waals surface area (Å²) in [6.45, 7) is 1.98. The number of aryl methyl sites for hydroxylation is 1. The first-order valence-electron chi connectivity index (χ1n) is 8.52. The van der Waals surface area contributed by atoms with E-state index < -0.39 is 0 Å². The van der Waals surface area contributed by atoms with Crippen molar-refractivity contribution in [3.63, 3.8) is 0 Å². The maximum atomic E-state index is 12.4. The normalized spacial score (nSPS) is 22.3. The van der Waals surface area contributed by atoms with E-state index in [1.165, 1.54) is 25.7 Å². The van der Waals surface area contributed by atoms with Crippen LogP contribution >= 0.6 is 35.8 Å². The quantitative estimate of drug-likeness (QED) is 0.791. The molecule has 2 fully saturated rings. The van der Waals surface area contributed by atoms with Crippen molar-refractivity contribution in [3.8, 4) is 0 Å². The van der Waals surface area contributed by atoms with Crippen LogP contribution in [0.3, 0.4) is 0 Å². The number of hydrogen-bond acceptors (Lipinski definition) is 3. The van der Waals surface area contributed by atoms with E-state index in [9.17, 15) is 4.79 Å². The third-order valence-electron chi connectivity index (χ3n) is 4.69. The number of benzene rings is 1. The molecule has 138 valence electrons. The van der Waals surface area contributed by atoms with Gasteiger partial charge in [-0.25, -0.2) is 0 Å². The van der Waals surface area contributed by atoms with E-state index in [1.807, 2.05) is 32.2 Å². The molecule has 0 aromatic heterocycles. The van der Waals surface area contributed by atoms with Crippen molar-refractivity contribution in [1.82, 2.24) is 4.90 Å². The summed E-state index contributed by atoms with van der Waals surface area (Å²) in [5.74, 6) is 0.914. The second kappa shape index (κ2) is 9.15. The smallest absolute Gasteiger partial charge is 0.226 e. The van der Waals surface area contributed by atoms with Gasteiger partial charge in [0.15, 0.2) is 5.17 Å². The number of nitrogens with zero attached hydrogens (tertiary/aromatic N) is 2. The van der Waals surface area contributed by atoms with E-state index in [0.29, 0.717) is 23.2 Å². The van der Waals surface area contributed by atoms with Crippen molar-refractivity contribution in [1.29, 1.82) is 0 Å². The molecule has 1 unspecified atom stereocenters. The lowest BCUT2D eigenvalue weighted by atomic mass is 10.2. The first kappa shape index (κ1) is 20.4. The average Bonchev–Trinajstić information content (AvgIpc) is 3.16. The fourth-order valence-corrected chi connectivity index (χ4v) is 4.73. The maximum Gasteiger partial charge on any atom is 0.226 e. The van der Waals surface area contributed by atoms with E-state index in [1.54, 1.807) is 11.8 Å². The molecular formula is C18H25Cl2N3OS. The summed E-state index contributed by atoms with van der Waals surface area (Å²) in [6.07, 6.45) is 5.44. The van der Waals surface area contributed by atoms with Crippen LogP contribution in [0.5, 0.6) is 0 Å². The van der Waals surface area contributed by atoms with Crippen LogP contribution in [0.2, 0.25) is 5.02 Å². The minimum atomic E-state index is 0. The monoisotopic (exact) mass is 401 g/mol. The number of rotatable bonds is 4. The molecule has 1 atom stereocenters. The highest BCUT2D eigenvalue weighted by Crippen LogP contribution is 2.29. The standard InChI is InChI=1S/C18H24ClN3OS.ClH/c1-12-7-8-16(15(19)9-12)21-17(23)10-14-11-24-18(22(14)2)20-13-5-3-4-6-13;/h7-9,13-14H,3-6,10-11H2,1-2H3,(H,21,23);1H/b20-18-;. The summed E-state index contributed by atoms with van der Waals surface area (Å²) in [6, 6.07) is 6.34. The van der Waals surface area contributed by atoms with Gasteiger partial charge in [-0.3, -0.25) is 9.79 Å². The van der Waals surface area contributed by atoms with Crippen LogP contribution in [0.15, 0.2) is 23.2 Å². The lowest BCUT2D eigenvalue weighted by molar-refractivity contribution is -0.116. The highest BCUT2D eigenvalue weighted by Gasteiger charge is 2.30. The molecule has 0 bridgehead atoms. The fourth-order valence-electron chi connectivity index (χ4n) is 3.19. The van der Waals surface area contributed by atoms with Crippen molar-refractivity contribution in [2.24, 2.45) is 4.99 Å². The Labute approximate surface area is 165 Å². The molecule has 1 aromatic rings. The number of thioether (sulfide) groups is 1. The van der Waals surface area contributed by atoms with E-state index >= 15 is 0 Å². The summed E-state index contributed by atoms with van der Waals surface area (Å²) in [7, 11) is 2.05. The van der Waals surface area contributed by atoms with Gasteiger partial charge in [0.1, 0.15) is 0 Å². The predicted molar refractivity (Wildman–Crippen MR) is 110 cm³/mol. The molecule has 7 heteroatoms. The van der Waals surface area contributed by atoms with Gasteiger partial charge in [0.2, 0.25) is 5.91 Å². The Morgan fingerprint density at radius 3 is 2.80 bits per heavy atom. The predicted octanol–water partition coefficient (Wildman–Crippen LogP) is 4.74. The number of aliphatic imine (C=N–C) groups is 1. The summed E-state index contributed by atoms with van der Waals surface area (Å²) >= 11 is 7.96. The molecule has 3 rings (SSSR count). The Kier molecular flexibility index (Phi) is 7.47. The van der Waals surface area contributed by atoms with Crippen molar-refractivity contribution in [2.75, 3.05) is 18.1 Å². The zero-order valence-electron chi connectivity index (χ0n) is 14.6. The molecular weight excluding hydrogens is 377 g/mol. The highest BCUT2D eigenvalue weighted by atomic mass is 35.5. The van der Waals surface area contributed by atoms with Gasteiger partial charge in [-0.1, -0.05) is 42.3 Å². The van der Waals surface area contributed by atoms with Gasteiger partial charge in [0, 0.05) is 25.3 Å². The average molecular weight is 402 g/mol. The number of nitrogens with one attached hydrogen (secondary N) is 1. The molecule has 0 spiro atoms. The van der Waals surface area contributed by atoms with E-state index in [2.05, 4.69) is 10.2 Å². The molecule has 1 aliphatic carbocycles. The first-order valence-corrected chi connectivity index (χ1v) is 9.88. The number of carbonyl (C=O) groups is 1. The van der Waals surface area contributed by atoms with Crippen LogP contribution < -0.4 is 5.32 Å². The van der Waals surface area contributed by atoms with Crippen molar-refractivity contribution in [3.05, 3.63) is 28.8 Å². The molecule has 2 aliphatic rings. The molecule has 0 radical (unpaired) electrons. The van der Waals surface area contributed by atoms with Crippen LogP contribution in [0, 0.1) is 6.92 Å². The molecule has 1 amide bonds. The molecule has 1 saturated heterocycles. The molecule has 25 heavy (non-hydrogen) atoms. The molecule has 1 saturated carbocycles. The number of anilines is 1. The van der Waals surface area contributed by atoms with Crippen molar-refractivity contribution in [2.45, 2.75) is 51.1 Å². The first-order chi connectivity index (χ1) is 11.5. The minimum absolute atomic E-state index is 0. The fraction of sp³-hybridized carbons (Fsp3) is 0.556. The number of halogens is 2. The number of carbonyl (C=O) groups excluding carboxylic acids is 1. The van der Waals surface area contributed by atoms with Gasteiger partial charge in [0.25, 0.3) is 0 Å². The van der Waals surface area contributed by atoms with Gasteiger partial charge in [-0.15, -0.1) is 12.4 Å². The highest BCUT2D eigenvalue weighted by molar-refractivity contribution is 8.14. The maximum absolute atomic E-state index is 12.4. The van der Waals surface area contributed by atoms with Gasteiger partial charge in [-0.2, -0.15) is 0 Å². The lowest BCUT2D eigenvalue weighted by Gasteiger charge is -2.21. The summed E-state index contributed by atoms with van der Waals surface area (Å²) in [5.41, 5.74) is 1.76. The Hall–Kier alpha value is -0.910. The topological polar surface area (TPSA) is 44.7 Å². The van der Waals surface area contributed by atoms with Crippen LogP contribution in [-0.4, -0.2) is 40.9 Å². The molecule has 1 heterocycles. The van der Waals surface area contributed by atoms with E-state index in [-0.39, 0.29) is 24.4 Å². The molecule has 1 aliphatic heterocycles. The summed E-state index contributed by atoms with van der Waals surface area (Å²) < 4.78 is 0. The Morgan fingerprint density at radius 1 is 1.40 bits per heavy atom. The van der Waals surface area contributed by atoms with Crippen LogP contribution in [0.4, 0.5) is 5.69 Å². The van der Waals surface area contributed by atoms with Gasteiger partial charge in [-0.05, 0) is 37.5 Å². The van der Waals surface area contributed by atoms with Crippen molar-refractivity contribution >= 4 is 52.5 Å². The van der Waals surface area contributed by atoms with Gasteiger partial charge < -0.3 is 10.2 Å². The Balaban J connectivity index is 0.00000225. The number of amidine groups is 1. The zero-order chi connectivity index (χ0) is 17.1. The van der Waals surface area contributed by atoms with Crippen LogP contribution in [-0.2, 0) is 4.79 Å². The van der Waals surface area contributed by atoms with Gasteiger partial charge in [0.05, 0.1) is 16.8 Å². The van der Waals surface area contributed by atoms with Gasteiger partial charge >= 0.3 is 0 Å². The second-order valence-corrected chi connectivity index (χ2v) is 8.06. The third-order valence-corrected chi connectivity index (χ3v) is 6.21.